The van der Waals surface area contributed by atoms with E-state index in [4.69, 9.17) is 82.5 Å². The molecule has 0 aliphatic heterocycles. The molecule has 4 amide bonds. The number of aryl methyl sites for hydroxylation is 4. The molecule has 16 rings (SSSR count). The molecule has 0 aliphatic carbocycles. The molecule has 0 aliphatic rings. The van der Waals surface area contributed by atoms with Gasteiger partial charge in [-0.05, 0) is 268 Å². The van der Waals surface area contributed by atoms with Crippen LogP contribution in [0.25, 0.3) is 43.9 Å². The van der Waals surface area contributed by atoms with Crippen molar-refractivity contribution in [2.24, 2.45) is 22.9 Å². The van der Waals surface area contributed by atoms with Crippen LogP contribution in [0.15, 0.2) is 269 Å². The molecule has 0 saturated carbocycles. The summed E-state index contributed by atoms with van der Waals surface area (Å²) in [6.07, 6.45) is 9.22. The molecule has 146 heavy (non-hydrogen) atoms. The van der Waals surface area contributed by atoms with E-state index < -0.39 is 35.6 Å². The number of primary amides is 4. The van der Waals surface area contributed by atoms with Gasteiger partial charge in [0.25, 0.3) is 0 Å². The van der Waals surface area contributed by atoms with Crippen LogP contribution >= 0.6 is 77.0 Å². The topological polar surface area (TPSA) is 583 Å². The van der Waals surface area contributed by atoms with Crippen molar-refractivity contribution in [1.29, 1.82) is 0 Å². The van der Waals surface area contributed by atoms with Crippen molar-refractivity contribution in [2.75, 3.05) is 22.9 Å². The van der Waals surface area contributed by atoms with E-state index >= 15 is 0 Å². The minimum absolute atomic E-state index is 0.00634. The van der Waals surface area contributed by atoms with Crippen LogP contribution in [0, 0.1) is 7.14 Å². The molecule has 20 N–H and O–H groups in total. The summed E-state index contributed by atoms with van der Waals surface area (Å²) >= 11 is 10.5. The highest BCUT2D eigenvalue weighted by Crippen LogP contribution is 2.43. The van der Waals surface area contributed by atoms with Gasteiger partial charge in [0.2, 0.25) is 23.6 Å². The average Bonchev–Trinajstić information content (AvgIpc) is 1.67. The van der Waals surface area contributed by atoms with Crippen LogP contribution in [0.1, 0.15) is 218 Å². The minimum Gasteiger partial charge on any atom is -0.506 e. The SMILES string of the molecule is NC(=O)CCCCCc1oc2cc(OC(=O)c3ccccc3)ccc2c1C(=O)c1cc(Br)c(O)c(Br)c1.NC(=O)CCCCCc1oc2cc(OC(=O)c3ccccc3)ccc2c1C(=O)c1cc(I)c(O)c(I)c1.NC(=O)CCCCCc1oc2cc(OC(=O)c3ccccc3)ccc2c1C(=O)c1cc(N)c(O)c(N)c1.NC(=O)CCCc1oc2cc(OC(=O)c3ccccc3)ccc2c1C(=O)c1cc(N)c(O)c(N)c1. The third kappa shape index (κ3) is 27.5. The van der Waals surface area contributed by atoms with Gasteiger partial charge in [-0.2, -0.15) is 0 Å². The molecule has 0 saturated heterocycles. The van der Waals surface area contributed by atoms with Gasteiger partial charge < -0.3 is 103 Å². The highest BCUT2D eigenvalue weighted by molar-refractivity contribution is 14.1. The summed E-state index contributed by atoms with van der Waals surface area (Å²) in [5.41, 5.74) is 49.7. The normalized spacial score (nSPS) is 10.9. The smallest absolute Gasteiger partial charge is 0.343 e. The number of unbranched alkanes of at least 4 members (excludes halogenated alkanes) is 6. The Morgan fingerprint density at radius 2 is 0.486 bits per heavy atom. The number of fused-ring (bicyclic) bond motifs is 4. The Morgan fingerprint density at radius 1 is 0.260 bits per heavy atom. The number of phenols is 4. The number of ketones is 4. The third-order valence-electron chi connectivity index (χ3n) is 23.0. The van der Waals surface area contributed by atoms with Gasteiger partial charge in [-0.3, -0.25) is 38.4 Å². The number of halogens is 4. The number of nitrogens with two attached hydrogens (primary N) is 8. The van der Waals surface area contributed by atoms with Crippen molar-refractivity contribution in [3.8, 4) is 46.0 Å². The Kier molecular flexibility index (Phi) is 36.6. The Balaban J connectivity index is 0.000000163. The Morgan fingerprint density at radius 3 is 0.733 bits per heavy atom. The molecular weight excluding hydrogens is 2230 g/mol. The molecule has 12 aromatic carbocycles. The summed E-state index contributed by atoms with van der Waals surface area (Å²) in [6, 6.07) is 65.5. The molecule has 4 heterocycles. The van der Waals surface area contributed by atoms with Crippen molar-refractivity contribution >= 4 is 214 Å². The van der Waals surface area contributed by atoms with Crippen LogP contribution in [0.3, 0.4) is 0 Å². The number of ether oxygens (including phenoxy) is 4. The molecule has 16 aromatic rings. The number of benzene rings is 12. The summed E-state index contributed by atoms with van der Waals surface area (Å²) < 4.78 is 48.1. The van der Waals surface area contributed by atoms with E-state index in [9.17, 15) is 78.0 Å². The summed E-state index contributed by atoms with van der Waals surface area (Å²) in [5.74, 6) is -2.46. The Hall–Kier alpha value is -15.9. The second-order valence-electron chi connectivity index (χ2n) is 33.6. The van der Waals surface area contributed by atoms with E-state index in [0.717, 1.165) is 12.8 Å². The van der Waals surface area contributed by atoms with E-state index in [-0.39, 0.29) is 134 Å². The maximum atomic E-state index is 13.7. The zero-order chi connectivity index (χ0) is 105. The van der Waals surface area contributed by atoms with E-state index in [1.807, 2.05) is 57.3 Å². The number of hydrogen-bond acceptors (Lipinski definition) is 28. The fourth-order valence-corrected chi connectivity index (χ4v) is 18.7. The van der Waals surface area contributed by atoms with Crippen molar-refractivity contribution in [3.63, 3.8) is 0 Å². The fraction of sp³-hybridized carbons (Fsp3) is 0.164. The fourth-order valence-electron chi connectivity index (χ4n) is 15.7. The van der Waals surface area contributed by atoms with Crippen molar-refractivity contribution in [3.05, 3.63) is 349 Å². The largest absolute Gasteiger partial charge is 0.506 e. The quantitative estimate of drug-likeness (QED) is 0.00325. The Bertz CT molecular complexity index is 7050. The van der Waals surface area contributed by atoms with Gasteiger partial charge in [0, 0.05) is 119 Å². The molecule has 0 spiro atoms. The van der Waals surface area contributed by atoms with Crippen LogP contribution in [-0.4, -0.2) is 91.1 Å². The number of rotatable bonds is 38. The van der Waals surface area contributed by atoms with E-state index in [1.54, 1.807) is 200 Å². The number of phenolic OH excluding ortho intramolecular Hbond substituents is 4. The van der Waals surface area contributed by atoms with Crippen molar-refractivity contribution in [2.45, 2.75) is 116 Å². The second-order valence-corrected chi connectivity index (χ2v) is 37.6. The molecule has 0 fully saturated rings. The molecule has 0 unspecified atom stereocenters. The predicted molar refractivity (Wildman–Crippen MR) is 571 cm³/mol. The molecule has 0 atom stereocenters. The predicted octanol–water partition coefficient (Wildman–Crippen LogP) is 21.0. The van der Waals surface area contributed by atoms with E-state index in [0.29, 0.717) is 222 Å². The Labute approximate surface area is 877 Å². The van der Waals surface area contributed by atoms with Gasteiger partial charge in [0.05, 0.1) is 83.3 Å². The van der Waals surface area contributed by atoms with Gasteiger partial charge >= 0.3 is 23.9 Å². The van der Waals surface area contributed by atoms with Gasteiger partial charge in [-0.15, -0.1) is 0 Å². The lowest BCUT2D eigenvalue weighted by Gasteiger charge is -2.08. The number of amides is 4. The zero-order valence-corrected chi connectivity index (χ0v) is 85.4. The van der Waals surface area contributed by atoms with Gasteiger partial charge in [-0.1, -0.05) is 92.1 Å². The van der Waals surface area contributed by atoms with E-state index in [2.05, 4.69) is 31.9 Å². The minimum atomic E-state index is -0.537. The maximum Gasteiger partial charge on any atom is 0.343 e. The lowest BCUT2D eigenvalue weighted by Crippen LogP contribution is -2.11. The summed E-state index contributed by atoms with van der Waals surface area (Å²) in [4.78, 5) is 149. The highest BCUT2D eigenvalue weighted by Gasteiger charge is 2.31. The number of aromatic hydroxyl groups is 4. The van der Waals surface area contributed by atoms with Crippen molar-refractivity contribution in [1.82, 2.24) is 0 Å². The van der Waals surface area contributed by atoms with E-state index in [1.165, 1.54) is 30.3 Å². The maximum absolute atomic E-state index is 13.7. The first-order chi connectivity index (χ1) is 70.0. The number of hydrogen-bond donors (Lipinski definition) is 12. The number of carbonyl (C=O) groups excluding carboxylic acids is 12. The molecule has 32 nitrogen and oxygen atoms in total. The number of anilines is 4. The monoisotopic (exact) mass is 2320 g/mol. The number of esters is 4. The van der Waals surface area contributed by atoms with Crippen LogP contribution in [0.5, 0.6) is 46.0 Å². The second kappa shape index (κ2) is 49.8. The first kappa shape index (κ1) is 107. The highest BCUT2D eigenvalue weighted by atomic mass is 127. The van der Waals surface area contributed by atoms with Crippen molar-refractivity contribution < 1.29 is 115 Å². The first-order valence-corrected chi connectivity index (χ1v) is 49.5. The van der Waals surface area contributed by atoms with Gasteiger partial charge in [0.1, 0.15) is 79.9 Å². The van der Waals surface area contributed by atoms with Crippen LogP contribution in [0.2, 0.25) is 0 Å². The molecule has 36 heteroatoms. The molecule has 748 valence electrons. The molecular formula is C110H96Br2I2N8O24. The lowest BCUT2D eigenvalue weighted by molar-refractivity contribution is -0.119. The molecule has 0 radical (unpaired) electrons. The summed E-state index contributed by atoms with van der Waals surface area (Å²) in [6.45, 7) is 0. The molecule has 4 aromatic heterocycles. The zero-order valence-electron chi connectivity index (χ0n) is 77.9. The lowest BCUT2D eigenvalue weighted by atomic mass is 9.97. The van der Waals surface area contributed by atoms with Gasteiger partial charge in [0.15, 0.2) is 34.6 Å². The van der Waals surface area contributed by atoms with Gasteiger partial charge in [-0.25, -0.2) is 19.2 Å². The molecule has 0 bridgehead atoms. The first-order valence-electron chi connectivity index (χ1n) is 45.7. The van der Waals surface area contributed by atoms with Crippen LogP contribution in [-0.2, 0) is 44.9 Å². The van der Waals surface area contributed by atoms with Crippen LogP contribution < -0.4 is 64.8 Å². The third-order valence-corrected chi connectivity index (χ3v) is 25.8. The summed E-state index contributed by atoms with van der Waals surface area (Å²) in [7, 11) is 0. The number of nitrogen functional groups attached to an aromatic ring is 4. The number of furan rings is 4. The standard InChI is InChI=1S/C28H23Br2NO6.C28H23I2NO6.C28H27N3O6.C26H23N3O6/c3*29-20-13-17(14-21(30)27(20)34)26(33)25-19-12-11-18(36-28(35)16-7-3-1-4-8-16)15-23(19)37-22(25)9-5-2-6-10-24(31)32;27-18-11-15(12-19(28)25(18)32)24(31)23-17-10-9-16(34-26(33)14-5-2-1-3-6-14)13-21(17)35-20(23)7-4-8-22(29)30/h2*1,3-4,7-8,11-15,34H,2,5-6,9-10H2,(H2,31,32);1,3-4,7-8,11-15,34H,2,5-6,9-10,29-30H2,(H2,31,32);1-3,5-6,9-13,32H,4,7-8,27-28H2,(H2,29,30). The number of carbonyl (C=O) groups is 12. The average molecular weight is 2330 g/mol. The summed E-state index contributed by atoms with van der Waals surface area (Å²) in [5, 5.41) is 42.2. The van der Waals surface area contributed by atoms with Crippen LogP contribution in [0.4, 0.5) is 22.7 Å².